The van der Waals surface area contributed by atoms with Gasteiger partial charge in [-0.15, -0.1) is 0 Å². The van der Waals surface area contributed by atoms with Gasteiger partial charge in [0.25, 0.3) is 5.56 Å². The van der Waals surface area contributed by atoms with Crippen molar-refractivity contribution in [1.82, 2.24) is 9.78 Å². The van der Waals surface area contributed by atoms with Gasteiger partial charge in [0.2, 0.25) is 0 Å². The summed E-state index contributed by atoms with van der Waals surface area (Å²) in [5.41, 5.74) is 1.47. The van der Waals surface area contributed by atoms with Gasteiger partial charge >= 0.3 is 0 Å². The number of unbranched alkanes of at least 4 members (excludes halogenated alkanes) is 1. The van der Waals surface area contributed by atoms with Gasteiger partial charge in [-0.05, 0) is 31.2 Å². The molecule has 128 valence electrons. The number of aliphatic hydroxyl groups is 1. The van der Waals surface area contributed by atoms with Crippen molar-refractivity contribution in [1.29, 1.82) is 0 Å². The maximum absolute atomic E-state index is 12.6. The molecule has 24 heavy (non-hydrogen) atoms. The van der Waals surface area contributed by atoms with Crippen molar-refractivity contribution in [3.63, 3.8) is 0 Å². The lowest BCUT2D eigenvalue weighted by atomic mass is 10.2. The second kappa shape index (κ2) is 7.81. The Balaban J connectivity index is 1.82. The molecule has 0 bridgehead atoms. The molecule has 3 rings (SSSR count). The smallest absolute Gasteiger partial charge is 0.287 e. The van der Waals surface area contributed by atoms with Crippen molar-refractivity contribution in [3.05, 3.63) is 57.5 Å². The largest absolute Gasteiger partial charge is 0.396 e. The Morgan fingerprint density at radius 3 is 2.67 bits per heavy atom. The number of nitrogens with zero attached hydrogens (tertiary/aromatic N) is 3. The van der Waals surface area contributed by atoms with E-state index in [9.17, 15) is 4.79 Å². The minimum absolute atomic E-state index is 0.184. The van der Waals surface area contributed by atoms with Crippen LogP contribution >= 0.6 is 11.6 Å². The molecule has 1 aliphatic carbocycles. The normalized spacial score (nSPS) is 13.9. The molecule has 5 nitrogen and oxygen atoms in total. The molecule has 0 aliphatic heterocycles. The van der Waals surface area contributed by atoms with Crippen molar-refractivity contribution in [2.75, 3.05) is 18.1 Å². The van der Waals surface area contributed by atoms with Gasteiger partial charge in [-0.2, -0.15) is 5.10 Å². The zero-order valence-corrected chi connectivity index (χ0v) is 14.3. The zero-order chi connectivity index (χ0) is 16.9. The molecule has 0 spiro atoms. The van der Waals surface area contributed by atoms with Gasteiger partial charge in [0.1, 0.15) is 5.02 Å². The van der Waals surface area contributed by atoms with Gasteiger partial charge in [-0.1, -0.05) is 41.9 Å². The second-order valence-electron chi connectivity index (χ2n) is 6.15. The molecule has 1 saturated carbocycles. The quantitative estimate of drug-likeness (QED) is 0.746. The summed E-state index contributed by atoms with van der Waals surface area (Å²) in [6.07, 6.45) is 5.55. The minimum atomic E-state index is -0.258. The van der Waals surface area contributed by atoms with E-state index in [2.05, 4.69) is 10.00 Å². The Morgan fingerprint density at radius 2 is 2.00 bits per heavy atom. The number of hydrogen-bond acceptors (Lipinski definition) is 4. The van der Waals surface area contributed by atoms with Crippen LogP contribution in [0.2, 0.25) is 5.02 Å². The van der Waals surface area contributed by atoms with Crippen LogP contribution in [0.3, 0.4) is 0 Å². The Kier molecular flexibility index (Phi) is 5.53. The standard InChI is InChI=1S/C18H22ClN3O2/c19-17-16(21(15-8-9-15)10-4-5-11-23)12-20-22(18(17)24)13-14-6-2-1-3-7-14/h1-3,6-7,12,15,23H,4-5,8-11,13H2. The first-order valence-electron chi connectivity index (χ1n) is 8.37. The lowest BCUT2D eigenvalue weighted by molar-refractivity contribution is 0.285. The lowest BCUT2D eigenvalue weighted by Crippen LogP contribution is -2.32. The van der Waals surface area contributed by atoms with Gasteiger partial charge in [-0.3, -0.25) is 4.79 Å². The van der Waals surface area contributed by atoms with E-state index in [1.165, 1.54) is 4.68 Å². The molecule has 2 aromatic rings. The molecule has 1 aromatic heterocycles. The molecule has 0 radical (unpaired) electrons. The van der Waals surface area contributed by atoms with E-state index in [1.54, 1.807) is 6.20 Å². The fraction of sp³-hybridized carbons (Fsp3) is 0.444. The highest BCUT2D eigenvalue weighted by Crippen LogP contribution is 2.34. The van der Waals surface area contributed by atoms with E-state index in [4.69, 9.17) is 16.7 Å². The highest BCUT2D eigenvalue weighted by Gasteiger charge is 2.31. The molecular weight excluding hydrogens is 326 g/mol. The molecule has 1 fully saturated rings. The van der Waals surface area contributed by atoms with E-state index in [1.807, 2.05) is 30.3 Å². The van der Waals surface area contributed by atoms with Crippen molar-refractivity contribution < 1.29 is 5.11 Å². The van der Waals surface area contributed by atoms with Crippen LogP contribution in [0, 0.1) is 0 Å². The molecule has 1 aromatic carbocycles. The fourth-order valence-corrected chi connectivity index (χ4v) is 3.06. The van der Waals surface area contributed by atoms with E-state index >= 15 is 0 Å². The molecule has 0 unspecified atom stereocenters. The number of hydrogen-bond donors (Lipinski definition) is 1. The first-order valence-corrected chi connectivity index (χ1v) is 8.75. The first kappa shape index (κ1) is 17.0. The van der Waals surface area contributed by atoms with E-state index < -0.39 is 0 Å². The van der Waals surface area contributed by atoms with Crippen molar-refractivity contribution >= 4 is 17.3 Å². The Hall–Kier alpha value is -1.85. The third-order valence-corrected chi connectivity index (χ3v) is 4.60. The van der Waals surface area contributed by atoms with Crippen molar-refractivity contribution in [3.8, 4) is 0 Å². The van der Waals surface area contributed by atoms with E-state index in [0.717, 1.165) is 37.8 Å². The zero-order valence-electron chi connectivity index (χ0n) is 13.6. The third-order valence-electron chi connectivity index (χ3n) is 4.25. The van der Waals surface area contributed by atoms with Gasteiger partial charge in [0.05, 0.1) is 18.4 Å². The first-order chi connectivity index (χ1) is 11.7. The summed E-state index contributed by atoms with van der Waals surface area (Å²) in [5, 5.41) is 13.5. The summed E-state index contributed by atoms with van der Waals surface area (Å²) >= 11 is 6.38. The maximum Gasteiger partial charge on any atom is 0.287 e. The average molecular weight is 348 g/mol. The number of anilines is 1. The van der Waals surface area contributed by atoms with Crippen molar-refractivity contribution in [2.45, 2.75) is 38.3 Å². The topological polar surface area (TPSA) is 58.4 Å². The number of aromatic nitrogens is 2. The minimum Gasteiger partial charge on any atom is -0.396 e. The summed E-state index contributed by atoms with van der Waals surface area (Å²) < 4.78 is 1.40. The highest BCUT2D eigenvalue weighted by molar-refractivity contribution is 6.33. The van der Waals surface area contributed by atoms with Crippen LogP contribution in [0.25, 0.3) is 0 Å². The molecule has 1 aliphatic rings. The van der Waals surface area contributed by atoms with E-state index in [0.29, 0.717) is 18.3 Å². The summed E-state index contributed by atoms with van der Waals surface area (Å²) in [6.45, 7) is 1.38. The van der Waals surface area contributed by atoms with Gasteiger partial charge < -0.3 is 10.0 Å². The van der Waals surface area contributed by atoms with Crippen LogP contribution in [-0.2, 0) is 6.54 Å². The van der Waals surface area contributed by atoms with Crippen LogP contribution in [-0.4, -0.2) is 34.1 Å². The van der Waals surface area contributed by atoms with Crippen molar-refractivity contribution in [2.24, 2.45) is 0 Å². The maximum atomic E-state index is 12.6. The average Bonchev–Trinajstić information content (AvgIpc) is 3.43. The molecule has 6 heteroatoms. The fourth-order valence-electron chi connectivity index (χ4n) is 2.81. The van der Waals surface area contributed by atoms with Gasteiger partial charge in [0.15, 0.2) is 0 Å². The predicted octanol–water partition coefficient (Wildman–Crippen LogP) is 2.69. The van der Waals surface area contributed by atoms with Crippen LogP contribution < -0.4 is 10.5 Å². The van der Waals surface area contributed by atoms with Crippen LogP contribution in [0.15, 0.2) is 41.3 Å². The Bertz CT molecular complexity index is 729. The molecule has 1 N–H and O–H groups in total. The number of halogens is 1. The monoisotopic (exact) mass is 347 g/mol. The Morgan fingerprint density at radius 1 is 1.25 bits per heavy atom. The Labute approximate surface area is 146 Å². The SMILES string of the molecule is O=c1c(Cl)c(N(CCCCO)C2CC2)cnn1Cc1ccccc1. The number of rotatable bonds is 8. The molecule has 0 amide bonds. The molecule has 0 saturated heterocycles. The van der Waals surface area contributed by atoms with Crippen LogP contribution in [0.4, 0.5) is 5.69 Å². The van der Waals surface area contributed by atoms with Crippen LogP contribution in [0.1, 0.15) is 31.2 Å². The van der Waals surface area contributed by atoms with Crippen LogP contribution in [0.5, 0.6) is 0 Å². The van der Waals surface area contributed by atoms with Gasteiger partial charge in [0, 0.05) is 19.2 Å². The van der Waals surface area contributed by atoms with Gasteiger partial charge in [-0.25, -0.2) is 4.68 Å². The lowest BCUT2D eigenvalue weighted by Gasteiger charge is -2.25. The third kappa shape index (κ3) is 3.97. The molecule has 0 atom stereocenters. The summed E-state index contributed by atoms with van der Waals surface area (Å²) in [4.78, 5) is 14.7. The molecule has 1 heterocycles. The number of benzene rings is 1. The second-order valence-corrected chi connectivity index (χ2v) is 6.53. The summed E-state index contributed by atoms with van der Waals surface area (Å²) in [6, 6.07) is 10.2. The number of aliphatic hydroxyl groups excluding tert-OH is 1. The highest BCUT2D eigenvalue weighted by atomic mass is 35.5. The summed E-state index contributed by atoms with van der Waals surface area (Å²) in [7, 11) is 0. The predicted molar refractivity (Wildman–Crippen MR) is 95.7 cm³/mol. The molecular formula is C18H22ClN3O2. The van der Waals surface area contributed by atoms with E-state index in [-0.39, 0.29) is 17.2 Å². The summed E-state index contributed by atoms with van der Waals surface area (Å²) in [5.74, 6) is 0.